The predicted molar refractivity (Wildman–Crippen MR) is 46.0 cm³/mol. The number of aldehydes is 1. The van der Waals surface area contributed by atoms with Gasteiger partial charge in [0, 0.05) is 4.47 Å². The number of halogens is 2. The first-order valence-corrected chi connectivity index (χ1v) is 3.97. The van der Waals surface area contributed by atoms with E-state index in [0.29, 0.717) is 10.8 Å². The van der Waals surface area contributed by atoms with Crippen LogP contribution in [0.15, 0.2) is 16.6 Å². The van der Waals surface area contributed by atoms with E-state index in [9.17, 15) is 9.18 Å². The SMILES string of the molecule is COc1c(F)ccc(Br)c1C=O. The van der Waals surface area contributed by atoms with Gasteiger partial charge in [-0.3, -0.25) is 4.79 Å². The Hall–Kier alpha value is -0.900. The third kappa shape index (κ3) is 1.48. The standard InChI is InChI=1S/C8H6BrFO2/c1-12-8-5(4-11)6(9)2-3-7(8)10/h2-4H,1H3. The maximum atomic E-state index is 12.9. The number of carbonyl (C=O) groups excluding carboxylic acids is 1. The Labute approximate surface area is 77.5 Å². The van der Waals surface area contributed by atoms with Crippen molar-refractivity contribution in [2.45, 2.75) is 0 Å². The van der Waals surface area contributed by atoms with Crippen molar-refractivity contribution in [2.75, 3.05) is 7.11 Å². The van der Waals surface area contributed by atoms with Crippen LogP contribution in [0.2, 0.25) is 0 Å². The molecule has 0 fully saturated rings. The number of hydrogen-bond acceptors (Lipinski definition) is 2. The van der Waals surface area contributed by atoms with Crippen molar-refractivity contribution in [3.05, 3.63) is 28.0 Å². The van der Waals surface area contributed by atoms with Crippen LogP contribution in [0.1, 0.15) is 10.4 Å². The molecule has 0 bridgehead atoms. The van der Waals surface area contributed by atoms with Crippen LogP contribution in [0.5, 0.6) is 5.75 Å². The van der Waals surface area contributed by atoms with Crippen LogP contribution >= 0.6 is 15.9 Å². The van der Waals surface area contributed by atoms with Gasteiger partial charge in [0.15, 0.2) is 17.9 Å². The molecular formula is C8H6BrFO2. The van der Waals surface area contributed by atoms with Crippen LogP contribution in [-0.4, -0.2) is 13.4 Å². The number of benzene rings is 1. The first-order valence-electron chi connectivity index (χ1n) is 3.18. The molecule has 1 aromatic carbocycles. The summed E-state index contributed by atoms with van der Waals surface area (Å²) in [5.74, 6) is -0.567. The smallest absolute Gasteiger partial charge is 0.166 e. The molecule has 0 unspecified atom stereocenters. The van der Waals surface area contributed by atoms with Crippen LogP contribution in [0.25, 0.3) is 0 Å². The monoisotopic (exact) mass is 232 g/mol. The largest absolute Gasteiger partial charge is 0.493 e. The van der Waals surface area contributed by atoms with Crippen molar-refractivity contribution in [1.82, 2.24) is 0 Å². The van der Waals surface area contributed by atoms with E-state index in [2.05, 4.69) is 15.9 Å². The van der Waals surface area contributed by atoms with Crippen molar-refractivity contribution >= 4 is 22.2 Å². The number of carbonyl (C=O) groups is 1. The number of hydrogen-bond donors (Lipinski definition) is 0. The average Bonchev–Trinajstić information content (AvgIpc) is 2.08. The summed E-state index contributed by atoms with van der Waals surface area (Å²) >= 11 is 3.10. The molecule has 4 heteroatoms. The third-order valence-corrected chi connectivity index (χ3v) is 2.11. The molecule has 0 aliphatic carbocycles. The Balaban J connectivity index is 3.38. The average molecular weight is 233 g/mol. The van der Waals surface area contributed by atoms with Gasteiger partial charge in [0.05, 0.1) is 12.7 Å². The molecule has 0 saturated carbocycles. The molecular weight excluding hydrogens is 227 g/mol. The van der Waals surface area contributed by atoms with Crippen molar-refractivity contribution in [2.24, 2.45) is 0 Å². The molecule has 64 valence electrons. The molecule has 12 heavy (non-hydrogen) atoms. The van der Waals surface area contributed by atoms with Crippen LogP contribution in [0, 0.1) is 5.82 Å². The van der Waals surface area contributed by atoms with Crippen LogP contribution in [-0.2, 0) is 0 Å². The molecule has 0 heterocycles. The Bertz CT molecular complexity index is 312. The van der Waals surface area contributed by atoms with Gasteiger partial charge >= 0.3 is 0 Å². The fourth-order valence-corrected chi connectivity index (χ4v) is 1.27. The predicted octanol–water partition coefficient (Wildman–Crippen LogP) is 2.41. The zero-order chi connectivity index (χ0) is 9.14. The lowest BCUT2D eigenvalue weighted by molar-refractivity contribution is 0.111. The van der Waals surface area contributed by atoms with E-state index in [-0.39, 0.29) is 11.3 Å². The maximum Gasteiger partial charge on any atom is 0.166 e. The zero-order valence-corrected chi connectivity index (χ0v) is 7.89. The van der Waals surface area contributed by atoms with Crippen LogP contribution in [0.4, 0.5) is 4.39 Å². The molecule has 0 aliphatic heterocycles. The van der Waals surface area contributed by atoms with Crippen molar-refractivity contribution in [1.29, 1.82) is 0 Å². The molecule has 2 nitrogen and oxygen atoms in total. The van der Waals surface area contributed by atoms with Crippen molar-refractivity contribution in [3.8, 4) is 5.75 Å². The molecule has 1 rings (SSSR count). The van der Waals surface area contributed by atoms with Crippen LogP contribution in [0.3, 0.4) is 0 Å². The molecule has 0 amide bonds. The molecule has 0 aliphatic rings. The van der Waals surface area contributed by atoms with Gasteiger partial charge in [-0.25, -0.2) is 4.39 Å². The summed E-state index contributed by atoms with van der Waals surface area (Å²) < 4.78 is 18.1. The topological polar surface area (TPSA) is 26.3 Å². The van der Waals surface area contributed by atoms with Gasteiger partial charge in [-0.15, -0.1) is 0 Å². The number of rotatable bonds is 2. The lowest BCUT2D eigenvalue weighted by Crippen LogP contribution is -1.94. The third-order valence-electron chi connectivity index (χ3n) is 1.42. The summed E-state index contributed by atoms with van der Waals surface area (Å²) in [6, 6.07) is 2.69. The Morgan fingerprint density at radius 3 is 2.67 bits per heavy atom. The highest BCUT2D eigenvalue weighted by atomic mass is 79.9. The highest BCUT2D eigenvalue weighted by Gasteiger charge is 2.11. The first-order chi connectivity index (χ1) is 5.70. The lowest BCUT2D eigenvalue weighted by atomic mass is 10.2. The van der Waals surface area contributed by atoms with Crippen molar-refractivity contribution < 1.29 is 13.9 Å². The second-order valence-electron chi connectivity index (χ2n) is 2.09. The van der Waals surface area contributed by atoms with Gasteiger partial charge in [0.1, 0.15) is 0 Å². The summed E-state index contributed by atoms with van der Waals surface area (Å²) in [6.07, 6.45) is 0.548. The highest BCUT2D eigenvalue weighted by molar-refractivity contribution is 9.10. The fourth-order valence-electron chi connectivity index (χ4n) is 0.866. The molecule has 0 aromatic heterocycles. The van der Waals surface area contributed by atoms with Crippen LogP contribution < -0.4 is 4.74 Å². The Morgan fingerprint density at radius 2 is 2.25 bits per heavy atom. The second-order valence-corrected chi connectivity index (χ2v) is 2.95. The van der Waals surface area contributed by atoms with E-state index in [1.165, 1.54) is 19.2 Å². The van der Waals surface area contributed by atoms with Crippen molar-refractivity contribution in [3.63, 3.8) is 0 Å². The first kappa shape index (κ1) is 9.19. The van der Waals surface area contributed by atoms with Gasteiger partial charge in [-0.1, -0.05) is 0 Å². The van der Waals surface area contributed by atoms with E-state index in [0.717, 1.165) is 0 Å². The summed E-state index contributed by atoms with van der Waals surface area (Å²) in [7, 11) is 1.32. The molecule has 0 radical (unpaired) electrons. The van der Waals surface area contributed by atoms with Gasteiger partial charge in [-0.2, -0.15) is 0 Å². The van der Waals surface area contributed by atoms with E-state index >= 15 is 0 Å². The number of methoxy groups -OCH3 is 1. The minimum absolute atomic E-state index is 0.0284. The van der Waals surface area contributed by atoms with E-state index < -0.39 is 5.82 Å². The second kappa shape index (κ2) is 3.67. The summed E-state index contributed by atoms with van der Waals surface area (Å²) in [4.78, 5) is 10.5. The summed E-state index contributed by atoms with van der Waals surface area (Å²) in [6.45, 7) is 0. The van der Waals surface area contributed by atoms with Gasteiger partial charge in [-0.05, 0) is 28.1 Å². The maximum absolute atomic E-state index is 12.9. The van der Waals surface area contributed by atoms with E-state index in [1.54, 1.807) is 0 Å². The molecule has 1 aromatic rings. The normalized spacial score (nSPS) is 9.58. The summed E-state index contributed by atoms with van der Waals surface area (Å²) in [5.41, 5.74) is 0.192. The zero-order valence-electron chi connectivity index (χ0n) is 6.30. The highest BCUT2D eigenvalue weighted by Crippen LogP contribution is 2.27. The van der Waals surface area contributed by atoms with Gasteiger partial charge in [0.2, 0.25) is 0 Å². The molecule has 0 N–H and O–H groups in total. The summed E-state index contributed by atoms with van der Waals surface area (Å²) in [5, 5.41) is 0. The van der Waals surface area contributed by atoms with Gasteiger partial charge < -0.3 is 4.74 Å². The fraction of sp³-hybridized carbons (Fsp3) is 0.125. The van der Waals surface area contributed by atoms with E-state index in [4.69, 9.17) is 4.74 Å². The number of ether oxygens (including phenoxy) is 1. The molecule has 0 atom stereocenters. The minimum Gasteiger partial charge on any atom is -0.493 e. The Morgan fingerprint density at radius 1 is 1.58 bits per heavy atom. The minimum atomic E-state index is -0.539. The van der Waals surface area contributed by atoms with Gasteiger partial charge in [0.25, 0.3) is 0 Å². The van der Waals surface area contributed by atoms with E-state index in [1.807, 2.05) is 0 Å². The molecule has 0 saturated heterocycles. The Kier molecular flexibility index (Phi) is 2.81. The lowest BCUT2D eigenvalue weighted by Gasteiger charge is -2.05. The quantitative estimate of drug-likeness (QED) is 0.733. The molecule has 0 spiro atoms.